The molecule has 4 nitrogen and oxygen atoms in total. The van der Waals surface area contributed by atoms with Crippen LogP contribution in [0, 0.1) is 5.92 Å². The van der Waals surface area contributed by atoms with Gasteiger partial charge in [0, 0.05) is 19.7 Å². The lowest BCUT2D eigenvalue weighted by atomic mass is 9.95. The predicted molar refractivity (Wildman–Crippen MR) is 75.8 cm³/mol. The van der Waals surface area contributed by atoms with Gasteiger partial charge in [0.15, 0.2) is 0 Å². The van der Waals surface area contributed by atoms with Crippen LogP contribution in [0.2, 0.25) is 0 Å². The third-order valence-corrected chi connectivity index (χ3v) is 4.32. The summed E-state index contributed by atoms with van der Waals surface area (Å²) >= 11 is 0. The number of carbonyl (C=O) groups excluding carboxylic acids is 1. The molecule has 2 N–H and O–H groups in total. The summed E-state index contributed by atoms with van der Waals surface area (Å²) in [6.07, 6.45) is 6.13. The van der Waals surface area contributed by atoms with Crippen molar-refractivity contribution >= 4 is 5.91 Å². The van der Waals surface area contributed by atoms with Crippen LogP contribution in [0.5, 0.6) is 0 Å². The minimum absolute atomic E-state index is 0.173. The Balaban J connectivity index is 1.78. The van der Waals surface area contributed by atoms with E-state index in [-0.39, 0.29) is 5.91 Å². The molecule has 0 aromatic rings. The second-order valence-corrected chi connectivity index (χ2v) is 6.58. The van der Waals surface area contributed by atoms with E-state index in [0.29, 0.717) is 12.0 Å². The van der Waals surface area contributed by atoms with Crippen molar-refractivity contribution in [2.45, 2.75) is 64.0 Å². The van der Waals surface area contributed by atoms with E-state index in [1.54, 1.807) is 0 Å². The van der Waals surface area contributed by atoms with Crippen molar-refractivity contribution in [3.8, 4) is 0 Å². The third kappa shape index (κ3) is 3.69. The Morgan fingerprint density at radius 2 is 1.89 bits per heavy atom. The van der Waals surface area contributed by atoms with Crippen molar-refractivity contribution in [2.24, 2.45) is 11.7 Å². The summed E-state index contributed by atoms with van der Waals surface area (Å²) in [4.78, 5) is 14.4. The first-order chi connectivity index (χ1) is 9.01. The summed E-state index contributed by atoms with van der Waals surface area (Å²) in [5.41, 5.74) is 5.68. The number of ether oxygens (including phenoxy) is 1. The number of piperidine rings is 1. The Hall–Kier alpha value is -0.610. The zero-order chi connectivity index (χ0) is 13.9. The smallest absolute Gasteiger partial charge is 0.242 e. The standard InChI is InChI=1S/C15H28N2O2/c1-12(2)11-19-13-5-9-17(10-6-13)14(18)15(16)7-3-4-8-15/h12-13H,3-11,16H2,1-2H3. The fraction of sp³-hybridized carbons (Fsp3) is 0.933. The van der Waals surface area contributed by atoms with E-state index in [2.05, 4.69) is 13.8 Å². The van der Waals surface area contributed by atoms with Gasteiger partial charge < -0.3 is 15.4 Å². The van der Waals surface area contributed by atoms with Gasteiger partial charge in [0.1, 0.15) is 0 Å². The summed E-state index contributed by atoms with van der Waals surface area (Å²) in [6.45, 7) is 6.76. The maximum atomic E-state index is 12.5. The lowest BCUT2D eigenvalue weighted by Gasteiger charge is -2.36. The Bertz CT molecular complexity index is 303. The zero-order valence-corrected chi connectivity index (χ0v) is 12.4. The van der Waals surface area contributed by atoms with E-state index in [0.717, 1.165) is 58.2 Å². The molecule has 1 amide bonds. The summed E-state index contributed by atoms with van der Waals surface area (Å²) in [7, 11) is 0. The number of hydrogen-bond acceptors (Lipinski definition) is 3. The molecule has 0 bridgehead atoms. The Kier molecular flexibility index (Phi) is 4.85. The molecule has 1 saturated heterocycles. The molecular weight excluding hydrogens is 240 g/mol. The lowest BCUT2D eigenvalue weighted by Crippen LogP contribution is -2.55. The molecule has 4 heteroatoms. The predicted octanol–water partition coefficient (Wildman–Crippen LogP) is 1.92. The van der Waals surface area contributed by atoms with Crippen LogP contribution in [0.25, 0.3) is 0 Å². The van der Waals surface area contributed by atoms with Crippen LogP contribution in [0.1, 0.15) is 52.4 Å². The first-order valence-corrected chi connectivity index (χ1v) is 7.71. The molecule has 0 radical (unpaired) electrons. The molecule has 1 aliphatic heterocycles. The minimum Gasteiger partial charge on any atom is -0.378 e. The van der Waals surface area contributed by atoms with Crippen LogP contribution >= 0.6 is 0 Å². The molecule has 0 aromatic heterocycles. The van der Waals surface area contributed by atoms with Crippen LogP contribution in [0.3, 0.4) is 0 Å². The van der Waals surface area contributed by atoms with Crippen molar-refractivity contribution in [1.29, 1.82) is 0 Å². The van der Waals surface area contributed by atoms with Crippen LogP contribution in [-0.4, -0.2) is 42.1 Å². The SMILES string of the molecule is CC(C)COC1CCN(C(=O)C2(N)CCCC2)CC1. The van der Waals surface area contributed by atoms with Gasteiger partial charge in [0.2, 0.25) is 5.91 Å². The highest BCUT2D eigenvalue weighted by Crippen LogP contribution is 2.30. The Morgan fingerprint density at radius 1 is 1.32 bits per heavy atom. The van der Waals surface area contributed by atoms with Gasteiger partial charge in [-0.15, -0.1) is 0 Å². The Morgan fingerprint density at radius 3 is 2.42 bits per heavy atom. The zero-order valence-electron chi connectivity index (χ0n) is 12.4. The van der Waals surface area contributed by atoms with Crippen molar-refractivity contribution < 1.29 is 9.53 Å². The number of likely N-dealkylation sites (tertiary alicyclic amines) is 1. The molecule has 0 atom stereocenters. The highest BCUT2D eigenvalue weighted by Gasteiger charge is 2.40. The summed E-state index contributed by atoms with van der Waals surface area (Å²) in [6, 6.07) is 0. The van der Waals surface area contributed by atoms with E-state index in [1.165, 1.54) is 0 Å². The molecular formula is C15H28N2O2. The maximum Gasteiger partial charge on any atom is 0.242 e. The largest absolute Gasteiger partial charge is 0.378 e. The highest BCUT2D eigenvalue weighted by molar-refractivity contribution is 5.86. The Labute approximate surface area is 116 Å². The van der Waals surface area contributed by atoms with E-state index in [9.17, 15) is 4.79 Å². The molecule has 19 heavy (non-hydrogen) atoms. The summed E-state index contributed by atoms with van der Waals surface area (Å²) in [5.74, 6) is 0.748. The molecule has 0 unspecified atom stereocenters. The van der Waals surface area contributed by atoms with Crippen molar-refractivity contribution in [1.82, 2.24) is 4.90 Å². The van der Waals surface area contributed by atoms with E-state index in [4.69, 9.17) is 10.5 Å². The normalized spacial score (nSPS) is 24.1. The quantitative estimate of drug-likeness (QED) is 0.847. The summed E-state index contributed by atoms with van der Waals surface area (Å²) < 4.78 is 5.85. The van der Waals surface area contributed by atoms with Crippen molar-refractivity contribution in [3.05, 3.63) is 0 Å². The van der Waals surface area contributed by atoms with Crippen LogP contribution in [0.15, 0.2) is 0 Å². The van der Waals surface area contributed by atoms with Gasteiger partial charge in [-0.3, -0.25) is 4.79 Å². The van der Waals surface area contributed by atoms with Crippen molar-refractivity contribution in [2.75, 3.05) is 19.7 Å². The monoisotopic (exact) mass is 268 g/mol. The van der Waals surface area contributed by atoms with E-state index in [1.807, 2.05) is 4.90 Å². The maximum absolute atomic E-state index is 12.5. The van der Waals surface area contributed by atoms with Gasteiger partial charge in [-0.1, -0.05) is 26.7 Å². The van der Waals surface area contributed by atoms with Crippen molar-refractivity contribution in [3.63, 3.8) is 0 Å². The number of rotatable bonds is 4. The number of hydrogen-bond donors (Lipinski definition) is 1. The first kappa shape index (κ1) is 14.8. The molecule has 0 spiro atoms. The fourth-order valence-corrected chi connectivity index (χ4v) is 3.09. The van der Waals surface area contributed by atoms with E-state index >= 15 is 0 Å². The average Bonchev–Trinajstić information content (AvgIpc) is 2.84. The molecule has 1 heterocycles. The molecule has 2 aliphatic rings. The van der Waals surface area contributed by atoms with Gasteiger partial charge in [-0.25, -0.2) is 0 Å². The van der Waals surface area contributed by atoms with Crippen LogP contribution in [-0.2, 0) is 9.53 Å². The third-order valence-electron chi connectivity index (χ3n) is 4.32. The molecule has 0 aromatic carbocycles. The molecule has 2 rings (SSSR count). The minimum atomic E-state index is -0.564. The van der Waals surface area contributed by atoms with Crippen LogP contribution in [0.4, 0.5) is 0 Å². The van der Waals surface area contributed by atoms with Gasteiger partial charge >= 0.3 is 0 Å². The lowest BCUT2D eigenvalue weighted by molar-refractivity contribution is -0.139. The topological polar surface area (TPSA) is 55.6 Å². The molecule has 110 valence electrons. The molecule has 1 aliphatic carbocycles. The number of nitrogens with zero attached hydrogens (tertiary/aromatic N) is 1. The number of carbonyl (C=O) groups is 1. The van der Waals surface area contributed by atoms with Crippen LogP contribution < -0.4 is 5.73 Å². The van der Waals surface area contributed by atoms with Gasteiger partial charge in [-0.05, 0) is 31.6 Å². The van der Waals surface area contributed by atoms with E-state index < -0.39 is 5.54 Å². The second-order valence-electron chi connectivity index (χ2n) is 6.58. The molecule has 1 saturated carbocycles. The fourth-order valence-electron chi connectivity index (χ4n) is 3.09. The second kappa shape index (κ2) is 6.23. The molecule has 2 fully saturated rings. The highest BCUT2D eigenvalue weighted by atomic mass is 16.5. The summed E-state index contributed by atoms with van der Waals surface area (Å²) in [5, 5.41) is 0. The number of nitrogens with two attached hydrogens (primary N) is 1. The van der Waals surface area contributed by atoms with Gasteiger partial charge in [0.25, 0.3) is 0 Å². The van der Waals surface area contributed by atoms with Gasteiger partial charge in [-0.2, -0.15) is 0 Å². The first-order valence-electron chi connectivity index (χ1n) is 7.71. The van der Waals surface area contributed by atoms with Gasteiger partial charge in [0.05, 0.1) is 11.6 Å². The average molecular weight is 268 g/mol. The number of amides is 1.